The number of pyridine rings is 1. The largest absolute Gasteiger partial charge is 0.401 e. The van der Waals surface area contributed by atoms with E-state index in [1.807, 2.05) is 6.07 Å². The Kier molecular flexibility index (Phi) is 6.07. The predicted octanol–water partition coefficient (Wildman–Crippen LogP) is 1.87. The molecule has 1 N–H and O–H groups in total. The Hall–Kier alpha value is -1.14. The molecule has 0 atom stereocenters. The standard InChI is InChI=1S/C12H17F3N2O/c13-12(14,15)10-17(7-3-9-18)8-5-11-4-1-2-6-16-11/h1-2,4,6,18H,3,5,7-10H2. The van der Waals surface area contributed by atoms with Gasteiger partial charge < -0.3 is 5.11 Å². The number of hydrogen-bond acceptors (Lipinski definition) is 3. The van der Waals surface area contributed by atoms with Crippen molar-refractivity contribution in [1.82, 2.24) is 9.88 Å². The van der Waals surface area contributed by atoms with Crippen molar-refractivity contribution in [2.75, 3.05) is 26.2 Å². The third-order valence-corrected chi connectivity index (χ3v) is 2.45. The molecule has 0 saturated heterocycles. The summed E-state index contributed by atoms with van der Waals surface area (Å²) in [7, 11) is 0. The van der Waals surface area contributed by atoms with Crippen molar-refractivity contribution in [2.24, 2.45) is 0 Å². The van der Waals surface area contributed by atoms with Gasteiger partial charge in [0.15, 0.2) is 0 Å². The van der Waals surface area contributed by atoms with Crippen molar-refractivity contribution in [2.45, 2.75) is 19.0 Å². The summed E-state index contributed by atoms with van der Waals surface area (Å²) in [6, 6.07) is 5.37. The zero-order valence-electron chi connectivity index (χ0n) is 10.0. The number of rotatable bonds is 7. The van der Waals surface area contributed by atoms with Gasteiger partial charge in [0.05, 0.1) is 6.54 Å². The van der Waals surface area contributed by atoms with Gasteiger partial charge in [0.25, 0.3) is 0 Å². The molecular formula is C12H17F3N2O. The number of nitrogens with zero attached hydrogens (tertiary/aromatic N) is 2. The molecule has 0 aromatic carbocycles. The van der Waals surface area contributed by atoms with Crippen LogP contribution in [0.15, 0.2) is 24.4 Å². The highest BCUT2D eigenvalue weighted by Crippen LogP contribution is 2.16. The van der Waals surface area contributed by atoms with E-state index in [-0.39, 0.29) is 19.7 Å². The number of hydrogen-bond donors (Lipinski definition) is 1. The molecular weight excluding hydrogens is 245 g/mol. The Bertz CT molecular complexity index is 330. The van der Waals surface area contributed by atoms with Crippen molar-refractivity contribution in [3.63, 3.8) is 0 Å². The maximum Gasteiger partial charge on any atom is 0.401 e. The summed E-state index contributed by atoms with van der Waals surface area (Å²) in [6.45, 7) is -0.517. The normalized spacial score (nSPS) is 12.1. The van der Waals surface area contributed by atoms with Gasteiger partial charge in [-0.3, -0.25) is 9.88 Å². The molecule has 0 bridgehead atoms. The van der Waals surface area contributed by atoms with Crippen LogP contribution in [0.5, 0.6) is 0 Å². The number of aromatic nitrogens is 1. The molecule has 1 rings (SSSR count). The summed E-state index contributed by atoms with van der Waals surface area (Å²) >= 11 is 0. The number of aliphatic hydroxyl groups excluding tert-OH is 1. The number of halogens is 3. The van der Waals surface area contributed by atoms with E-state index >= 15 is 0 Å². The maximum atomic E-state index is 12.3. The van der Waals surface area contributed by atoms with Gasteiger partial charge in [-0.15, -0.1) is 0 Å². The molecule has 3 nitrogen and oxygen atoms in total. The highest BCUT2D eigenvalue weighted by Gasteiger charge is 2.30. The molecule has 6 heteroatoms. The Labute approximate surface area is 104 Å². The minimum atomic E-state index is -4.21. The SMILES string of the molecule is OCCCN(CCc1ccccn1)CC(F)(F)F. The Balaban J connectivity index is 2.45. The summed E-state index contributed by atoms with van der Waals surface area (Å²) in [6.07, 6.45) is -1.77. The molecule has 0 radical (unpaired) electrons. The van der Waals surface area contributed by atoms with Crippen LogP contribution in [-0.4, -0.2) is 47.4 Å². The van der Waals surface area contributed by atoms with Crippen LogP contribution in [0, 0.1) is 0 Å². The van der Waals surface area contributed by atoms with Crippen LogP contribution in [-0.2, 0) is 6.42 Å². The topological polar surface area (TPSA) is 36.4 Å². The highest BCUT2D eigenvalue weighted by molar-refractivity contribution is 5.03. The molecule has 0 aliphatic rings. The van der Waals surface area contributed by atoms with Gasteiger partial charge in [-0.05, 0) is 18.6 Å². The summed E-state index contributed by atoms with van der Waals surface area (Å²) in [5.41, 5.74) is 0.772. The average molecular weight is 262 g/mol. The molecule has 0 amide bonds. The van der Waals surface area contributed by atoms with E-state index in [9.17, 15) is 13.2 Å². The molecule has 0 saturated carbocycles. The van der Waals surface area contributed by atoms with Crippen LogP contribution in [0.2, 0.25) is 0 Å². The van der Waals surface area contributed by atoms with E-state index in [2.05, 4.69) is 4.98 Å². The number of aliphatic hydroxyl groups is 1. The fraction of sp³-hybridized carbons (Fsp3) is 0.583. The van der Waals surface area contributed by atoms with Crippen LogP contribution in [0.1, 0.15) is 12.1 Å². The second kappa shape index (κ2) is 7.33. The third kappa shape index (κ3) is 6.56. The minimum absolute atomic E-state index is 0.0993. The van der Waals surface area contributed by atoms with Gasteiger partial charge >= 0.3 is 6.18 Å². The lowest BCUT2D eigenvalue weighted by molar-refractivity contribution is -0.146. The zero-order valence-corrected chi connectivity index (χ0v) is 10.0. The van der Waals surface area contributed by atoms with Gasteiger partial charge in [0.1, 0.15) is 0 Å². The van der Waals surface area contributed by atoms with Crippen LogP contribution in [0.3, 0.4) is 0 Å². The molecule has 0 unspecified atom stereocenters. The first-order valence-corrected chi connectivity index (χ1v) is 5.81. The van der Waals surface area contributed by atoms with Gasteiger partial charge in [-0.2, -0.15) is 13.2 Å². The molecule has 1 heterocycles. The lowest BCUT2D eigenvalue weighted by Gasteiger charge is -2.23. The van der Waals surface area contributed by atoms with E-state index in [0.29, 0.717) is 12.8 Å². The van der Waals surface area contributed by atoms with E-state index < -0.39 is 12.7 Å². The molecule has 0 spiro atoms. The highest BCUT2D eigenvalue weighted by atomic mass is 19.4. The molecule has 18 heavy (non-hydrogen) atoms. The van der Waals surface area contributed by atoms with Crippen molar-refractivity contribution in [3.8, 4) is 0 Å². The van der Waals surface area contributed by atoms with Gasteiger partial charge in [-0.1, -0.05) is 6.07 Å². The first kappa shape index (κ1) is 14.9. The van der Waals surface area contributed by atoms with Crippen molar-refractivity contribution < 1.29 is 18.3 Å². The van der Waals surface area contributed by atoms with Crippen LogP contribution in [0.4, 0.5) is 13.2 Å². The maximum absolute atomic E-state index is 12.3. The van der Waals surface area contributed by atoms with Crippen molar-refractivity contribution in [1.29, 1.82) is 0 Å². The second-order valence-corrected chi connectivity index (χ2v) is 4.04. The second-order valence-electron chi connectivity index (χ2n) is 4.04. The van der Waals surface area contributed by atoms with Gasteiger partial charge in [0.2, 0.25) is 0 Å². The van der Waals surface area contributed by atoms with Crippen molar-refractivity contribution in [3.05, 3.63) is 30.1 Å². The van der Waals surface area contributed by atoms with E-state index in [1.54, 1.807) is 18.3 Å². The molecule has 0 aliphatic heterocycles. The average Bonchev–Trinajstić information content (AvgIpc) is 2.32. The Morgan fingerprint density at radius 1 is 1.22 bits per heavy atom. The summed E-state index contributed by atoms with van der Waals surface area (Å²) in [5.74, 6) is 0. The van der Waals surface area contributed by atoms with Crippen LogP contribution >= 0.6 is 0 Å². The molecule has 102 valence electrons. The molecule has 0 fully saturated rings. The first-order valence-electron chi connectivity index (χ1n) is 5.81. The Morgan fingerprint density at radius 3 is 2.56 bits per heavy atom. The first-order chi connectivity index (χ1) is 8.51. The molecule has 1 aromatic rings. The van der Waals surface area contributed by atoms with Gasteiger partial charge in [0, 0.05) is 38.0 Å². The van der Waals surface area contributed by atoms with Crippen molar-refractivity contribution >= 4 is 0 Å². The third-order valence-electron chi connectivity index (χ3n) is 2.45. The minimum Gasteiger partial charge on any atom is -0.396 e. The summed E-state index contributed by atoms with van der Waals surface area (Å²) < 4.78 is 37.0. The Morgan fingerprint density at radius 2 is 2.00 bits per heavy atom. The van der Waals surface area contributed by atoms with Crippen LogP contribution < -0.4 is 0 Å². The molecule has 0 aliphatic carbocycles. The molecule has 1 aromatic heterocycles. The smallest absolute Gasteiger partial charge is 0.396 e. The fourth-order valence-electron chi connectivity index (χ4n) is 1.64. The zero-order chi connectivity index (χ0) is 13.4. The van der Waals surface area contributed by atoms with Gasteiger partial charge in [-0.25, -0.2) is 0 Å². The lowest BCUT2D eigenvalue weighted by Crippen LogP contribution is -2.36. The van der Waals surface area contributed by atoms with E-state index in [1.165, 1.54) is 4.90 Å². The monoisotopic (exact) mass is 262 g/mol. The predicted molar refractivity (Wildman–Crippen MR) is 62.1 cm³/mol. The summed E-state index contributed by atoms with van der Waals surface area (Å²) in [4.78, 5) is 5.37. The lowest BCUT2D eigenvalue weighted by atomic mass is 10.2. The quantitative estimate of drug-likeness (QED) is 0.815. The fourth-order valence-corrected chi connectivity index (χ4v) is 1.64. The van der Waals surface area contributed by atoms with E-state index in [0.717, 1.165) is 5.69 Å². The van der Waals surface area contributed by atoms with Crippen LogP contribution in [0.25, 0.3) is 0 Å². The summed E-state index contributed by atoms with van der Waals surface area (Å²) in [5, 5.41) is 8.68. The van der Waals surface area contributed by atoms with E-state index in [4.69, 9.17) is 5.11 Å². The number of alkyl halides is 3.